The number of hydrogen-bond donors (Lipinski definition) is 2. The van der Waals surface area contributed by atoms with Gasteiger partial charge in [-0.2, -0.15) is 0 Å². The molecule has 20 heavy (non-hydrogen) atoms. The molecule has 0 aromatic rings. The molecular formula is C14H29ClN2O2S. The molecule has 120 valence electrons. The molecule has 2 rings (SSSR count). The molecule has 2 saturated carbocycles. The molecule has 0 aromatic carbocycles. The van der Waals surface area contributed by atoms with Gasteiger partial charge in [0.2, 0.25) is 10.0 Å². The topological polar surface area (TPSA) is 86.2 Å². The minimum atomic E-state index is -3.32. The van der Waals surface area contributed by atoms with Gasteiger partial charge in [-0.3, -0.25) is 0 Å². The Kier molecular flexibility index (Phi) is 7.74. The van der Waals surface area contributed by atoms with Crippen LogP contribution < -0.4 is 10.9 Å². The summed E-state index contributed by atoms with van der Waals surface area (Å²) in [5, 5.41) is 5.22. The Morgan fingerprint density at radius 1 is 1.45 bits per heavy atom. The van der Waals surface area contributed by atoms with E-state index in [0.717, 1.165) is 38.5 Å². The predicted octanol–water partition coefficient (Wildman–Crippen LogP) is 2.58. The fourth-order valence-corrected chi connectivity index (χ4v) is 3.81. The van der Waals surface area contributed by atoms with Gasteiger partial charge in [-0.05, 0) is 37.5 Å². The van der Waals surface area contributed by atoms with Crippen LogP contribution in [0, 0.1) is 11.8 Å². The Morgan fingerprint density at radius 2 is 1.95 bits per heavy atom. The van der Waals surface area contributed by atoms with Gasteiger partial charge in [0.05, 0.1) is 4.75 Å². The Hall–Kier alpha value is -0.100. The number of primary sulfonamides is 1. The highest BCUT2D eigenvalue weighted by atomic mass is 35.5. The summed E-state index contributed by atoms with van der Waals surface area (Å²) >= 11 is 0. The molecule has 6 heteroatoms. The molecule has 4 nitrogen and oxygen atoms in total. The van der Waals surface area contributed by atoms with Gasteiger partial charge < -0.3 is 5.73 Å². The minimum Gasteiger partial charge on any atom is -0.327 e. The lowest BCUT2D eigenvalue weighted by molar-refractivity contribution is 0.451. The van der Waals surface area contributed by atoms with E-state index < -0.39 is 14.8 Å². The average molecular weight is 325 g/mol. The summed E-state index contributed by atoms with van der Waals surface area (Å²) in [6, 6.07) is 0.447. The van der Waals surface area contributed by atoms with Crippen LogP contribution in [0.2, 0.25) is 0 Å². The maximum absolute atomic E-state index is 11.3. The maximum Gasteiger partial charge on any atom is 0.215 e. The first-order valence-corrected chi connectivity index (χ1v) is 8.73. The molecular weight excluding hydrogens is 296 g/mol. The largest absolute Gasteiger partial charge is 0.327 e. The molecule has 0 saturated heterocycles. The highest BCUT2D eigenvalue weighted by molar-refractivity contribution is 7.90. The quantitative estimate of drug-likeness (QED) is 0.736. The van der Waals surface area contributed by atoms with Crippen LogP contribution in [0.3, 0.4) is 0 Å². The van der Waals surface area contributed by atoms with Crippen molar-refractivity contribution in [3.8, 4) is 0 Å². The molecule has 0 aromatic heterocycles. The van der Waals surface area contributed by atoms with Crippen LogP contribution in [0.5, 0.6) is 0 Å². The number of rotatable bonds is 6. The zero-order valence-corrected chi connectivity index (χ0v) is 14.2. The van der Waals surface area contributed by atoms with E-state index in [9.17, 15) is 8.42 Å². The van der Waals surface area contributed by atoms with Crippen molar-refractivity contribution in [2.24, 2.45) is 22.7 Å². The van der Waals surface area contributed by atoms with Gasteiger partial charge in [0.25, 0.3) is 0 Å². The Labute approximate surface area is 129 Å². The number of halogens is 1. The summed E-state index contributed by atoms with van der Waals surface area (Å²) in [4.78, 5) is 0. The molecule has 0 spiro atoms. The van der Waals surface area contributed by atoms with Crippen molar-refractivity contribution in [3.63, 3.8) is 0 Å². The summed E-state index contributed by atoms with van der Waals surface area (Å²) in [5.74, 6) is 0.868. The Balaban J connectivity index is 0.000000434. The van der Waals surface area contributed by atoms with E-state index in [1.807, 2.05) is 13.0 Å². The van der Waals surface area contributed by atoms with Crippen molar-refractivity contribution in [3.05, 3.63) is 12.7 Å². The summed E-state index contributed by atoms with van der Waals surface area (Å²) in [6.07, 6.45) is 7.79. The van der Waals surface area contributed by atoms with Crippen LogP contribution in [0.1, 0.15) is 52.4 Å². The summed E-state index contributed by atoms with van der Waals surface area (Å²) < 4.78 is 22.0. The van der Waals surface area contributed by atoms with E-state index in [4.69, 9.17) is 10.9 Å². The van der Waals surface area contributed by atoms with Crippen molar-refractivity contribution in [1.29, 1.82) is 0 Å². The van der Waals surface area contributed by atoms with Crippen molar-refractivity contribution in [2.75, 3.05) is 0 Å². The van der Waals surface area contributed by atoms with Gasteiger partial charge in [-0.25, -0.2) is 13.6 Å². The minimum absolute atomic E-state index is 0. The standard InChI is InChI=1S/C9H19NO2S.C5H9N.ClH/c1-3-4-5-8(2)9(6-7-9)13(10,11)12;1-2-4-3-5(4)6;/h8H,3-7H2,1-2H3,(H2,10,11,12);2,4-5H,1,3,6H2;1H/t;4-,5+;/m.0./s1. The molecule has 4 N–H and O–H groups in total. The highest BCUT2D eigenvalue weighted by Crippen LogP contribution is 2.49. The van der Waals surface area contributed by atoms with Crippen LogP contribution in [0.15, 0.2) is 12.7 Å². The smallest absolute Gasteiger partial charge is 0.215 e. The van der Waals surface area contributed by atoms with E-state index in [-0.39, 0.29) is 18.3 Å². The van der Waals surface area contributed by atoms with Crippen molar-refractivity contribution >= 4 is 22.4 Å². The normalized spacial score (nSPS) is 27.4. The van der Waals surface area contributed by atoms with Gasteiger partial charge in [0.15, 0.2) is 0 Å². The van der Waals surface area contributed by atoms with Gasteiger partial charge in [0, 0.05) is 6.04 Å². The summed E-state index contributed by atoms with van der Waals surface area (Å²) in [6.45, 7) is 7.71. The molecule has 0 amide bonds. The molecule has 3 atom stereocenters. The molecule has 2 aliphatic carbocycles. The predicted molar refractivity (Wildman–Crippen MR) is 87.3 cm³/mol. The fourth-order valence-electron chi connectivity index (χ4n) is 2.46. The lowest BCUT2D eigenvalue weighted by Gasteiger charge is -2.20. The molecule has 0 heterocycles. The zero-order valence-electron chi connectivity index (χ0n) is 12.5. The monoisotopic (exact) mass is 324 g/mol. The molecule has 1 unspecified atom stereocenters. The van der Waals surface area contributed by atoms with E-state index >= 15 is 0 Å². The third-order valence-corrected chi connectivity index (χ3v) is 6.34. The lowest BCUT2D eigenvalue weighted by atomic mass is 9.99. The first kappa shape index (κ1) is 19.9. The second-order valence-corrected chi connectivity index (χ2v) is 7.86. The van der Waals surface area contributed by atoms with Crippen molar-refractivity contribution in [1.82, 2.24) is 0 Å². The number of unbranched alkanes of at least 4 members (excludes halogenated alkanes) is 1. The van der Waals surface area contributed by atoms with Crippen LogP contribution >= 0.6 is 12.4 Å². The number of nitrogens with two attached hydrogens (primary N) is 2. The first-order valence-electron chi connectivity index (χ1n) is 7.19. The van der Waals surface area contributed by atoms with E-state index in [0.29, 0.717) is 12.0 Å². The van der Waals surface area contributed by atoms with E-state index in [2.05, 4.69) is 13.5 Å². The van der Waals surface area contributed by atoms with Crippen LogP contribution in [0.25, 0.3) is 0 Å². The van der Waals surface area contributed by atoms with Crippen LogP contribution in [-0.2, 0) is 10.0 Å². The summed E-state index contributed by atoms with van der Waals surface area (Å²) in [7, 11) is -3.32. The Bertz CT molecular complexity index is 407. The zero-order chi connectivity index (χ0) is 14.7. The summed E-state index contributed by atoms with van der Waals surface area (Å²) in [5.41, 5.74) is 5.41. The maximum atomic E-state index is 11.3. The van der Waals surface area contributed by atoms with Gasteiger partial charge >= 0.3 is 0 Å². The van der Waals surface area contributed by atoms with Gasteiger partial charge in [0.1, 0.15) is 0 Å². The highest BCUT2D eigenvalue weighted by Gasteiger charge is 2.56. The van der Waals surface area contributed by atoms with Crippen molar-refractivity contribution in [2.45, 2.75) is 63.2 Å². The number of sulfonamides is 1. The van der Waals surface area contributed by atoms with Gasteiger partial charge in [-0.15, -0.1) is 19.0 Å². The second kappa shape index (κ2) is 7.78. The lowest BCUT2D eigenvalue weighted by Crippen LogP contribution is -2.36. The fraction of sp³-hybridized carbons (Fsp3) is 0.857. The molecule has 2 aliphatic rings. The number of hydrogen-bond acceptors (Lipinski definition) is 3. The van der Waals surface area contributed by atoms with E-state index in [1.54, 1.807) is 0 Å². The third kappa shape index (κ3) is 5.02. The van der Waals surface area contributed by atoms with Crippen molar-refractivity contribution < 1.29 is 8.42 Å². The molecule has 0 bridgehead atoms. The second-order valence-electron chi connectivity index (χ2n) is 5.95. The Morgan fingerprint density at radius 3 is 2.15 bits per heavy atom. The first-order chi connectivity index (χ1) is 8.78. The molecule has 0 aliphatic heterocycles. The molecule has 0 radical (unpaired) electrons. The third-order valence-electron chi connectivity index (χ3n) is 4.39. The molecule has 2 fully saturated rings. The van der Waals surface area contributed by atoms with Crippen LogP contribution in [0.4, 0.5) is 0 Å². The average Bonchev–Trinajstić information content (AvgIpc) is 3.19. The van der Waals surface area contributed by atoms with E-state index in [1.165, 1.54) is 0 Å². The van der Waals surface area contributed by atoms with Gasteiger partial charge in [-0.1, -0.05) is 32.8 Å². The van der Waals surface area contributed by atoms with Crippen LogP contribution in [-0.4, -0.2) is 19.2 Å². The SMILES string of the molecule is C=C[C@H]1C[C@H]1N.CCCCC(C)C1(S(N)(=O)=O)CC1.Cl.